The summed E-state index contributed by atoms with van der Waals surface area (Å²) in [7, 11) is 3.28. The number of halogens is 3. The fourth-order valence-corrected chi connectivity index (χ4v) is 9.66. The summed E-state index contributed by atoms with van der Waals surface area (Å²) in [5.41, 5.74) is 10.4. The second-order valence-corrected chi connectivity index (χ2v) is 18.0. The van der Waals surface area contributed by atoms with Gasteiger partial charge in [0.1, 0.15) is 0 Å². The minimum absolute atomic E-state index is 0.215. The van der Waals surface area contributed by atoms with E-state index in [1.807, 2.05) is 36.4 Å². The Hall–Kier alpha value is -2.15. The normalized spacial score (nSPS) is 22.1. The largest absolute Gasteiger partial charge is 0.495 e. The van der Waals surface area contributed by atoms with Gasteiger partial charge in [-0.1, -0.05) is 102 Å². The van der Waals surface area contributed by atoms with Gasteiger partial charge in [-0.3, -0.25) is 4.79 Å². The minimum Gasteiger partial charge on any atom is -0.399 e. The van der Waals surface area contributed by atoms with Gasteiger partial charge in [0, 0.05) is 39.6 Å². The molecule has 286 valence electrons. The van der Waals surface area contributed by atoms with Crippen molar-refractivity contribution in [1.82, 2.24) is 0 Å². The summed E-state index contributed by atoms with van der Waals surface area (Å²) in [5, 5.41) is 9.48. The number of rotatable bonds is 3. The molecule has 6 nitrogen and oxygen atoms in total. The maximum atomic E-state index is 11.2. The molecule has 1 fully saturated rings. The van der Waals surface area contributed by atoms with Crippen molar-refractivity contribution < 1.29 is 28.7 Å². The number of carbonyl (C=O) groups is 1. The highest BCUT2D eigenvalue weighted by atomic mass is 79.9. The molecule has 9 rings (SSSR count). The van der Waals surface area contributed by atoms with Crippen LogP contribution in [-0.2, 0) is 44.5 Å². The molecular formula is C44H50BBr3O6. The molecule has 10 heteroatoms. The molecule has 1 aliphatic heterocycles. The molecule has 0 spiro atoms. The van der Waals surface area contributed by atoms with E-state index in [0.717, 1.165) is 65.0 Å². The average molecular weight is 925 g/mol. The molecule has 1 N–H and O–H groups in total. The van der Waals surface area contributed by atoms with Crippen molar-refractivity contribution >= 4 is 66.2 Å². The highest BCUT2D eigenvalue weighted by Gasteiger charge is 2.52. The number of hydrogen-bond donors (Lipinski definition) is 1. The monoisotopic (exact) mass is 922 g/mol. The minimum atomic E-state index is -0.292. The summed E-state index contributed by atoms with van der Waals surface area (Å²) in [6.07, 6.45) is 8.08. The van der Waals surface area contributed by atoms with Gasteiger partial charge in [-0.05, 0) is 135 Å². The number of Topliss-reactive ketones (excluding diaryl/α,β-unsaturated/α-hetero) is 1. The molecule has 4 aromatic carbocycles. The van der Waals surface area contributed by atoms with Crippen LogP contribution in [0.15, 0.2) is 86.2 Å². The first kappa shape index (κ1) is 41.5. The number of benzene rings is 4. The van der Waals surface area contributed by atoms with Crippen LogP contribution >= 0.6 is 47.8 Å². The number of aliphatic hydroxyl groups is 1. The number of fused-ring (bicyclic) bond motifs is 4. The molecule has 1 heterocycles. The van der Waals surface area contributed by atoms with E-state index < -0.39 is 0 Å². The van der Waals surface area contributed by atoms with E-state index >= 15 is 0 Å². The molecule has 0 radical (unpaired) electrons. The van der Waals surface area contributed by atoms with Crippen LogP contribution < -0.4 is 5.46 Å². The van der Waals surface area contributed by atoms with Crippen molar-refractivity contribution in [3.8, 4) is 0 Å². The van der Waals surface area contributed by atoms with Gasteiger partial charge in [-0.15, -0.1) is 0 Å². The number of ketones is 1. The first-order valence-electron chi connectivity index (χ1n) is 18.8. The molecule has 0 bridgehead atoms. The molecule has 4 aromatic rings. The molecule has 0 saturated carbocycles. The Morgan fingerprint density at radius 1 is 0.611 bits per heavy atom. The molecule has 54 heavy (non-hydrogen) atoms. The van der Waals surface area contributed by atoms with Crippen LogP contribution in [0, 0.1) is 0 Å². The molecule has 4 aliphatic carbocycles. The molecule has 5 aliphatic rings. The van der Waals surface area contributed by atoms with Gasteiger partial charge < -0.3 is 23.9 Å². The summed E-state index contributed by atoms with van der Waals surface area (Å²) in [6.45, 7) is 8.37. The predicted octanol–water partition coefficient (Wildman–Crippen LogP) is 10.7. The lowest BCUT2D eigenvalue weighted by Gasteiger charge is -2.32. The molecule has 0 aromatic heterocycles. The second-order valence-electron chi connectivity index (χ2n) is 15.4. The van der Waals surface area contributed by atoms with E-state index in [9.17, 15) is 9.90 Å². The summed E-state index contributed by atoms with van der Waals surface area (Å²) >= 11 is 10.4. The standard InChI is InChI=1S/C16H23BO3.C10H11BrO.C9H9BrO.C9H7BrO/c1-15(2)16(3,4)20-17(19-15)13-8-6-7-12-11(13)9-10-14(12)18-5;1-12-10-6-5-7-8(10)3-2-4-9(7)11;2*10-8-3-1-2-7-6(8)4-5-9(7)11/h6-8,14H,9-10H2,1-5H3;2-4,10H,5-6H2,1H3;1-3,9,11H,4-5H2;1-3H,4-5H2/t14-;10-;9-;/m000./s1. The SMILES string of the molecule is CO[C@H]1CCc2c(B3OC(C)(C)C(C)(C)O3)cccc21.CO[C@H]1CCc2c(Br)cccc21.O=C1CCc2c(Br)cccc21.O[C@H]1CCc2c(Br)cccc21. The van der Waals surface area contributed by atoms with E-state index in [0.29, 0.717) is 12.5 Å². The molecule has 1 saturated heterocycles. The van der Waals surface area contributed by atoms with E-state index in [1.165, 1.54) is 43.3 Å². The molecule has 0 amide bonds. The smallest absolute Gasteiger partial charge is 0.399 e. The van der Waals surface area contributed by atoms with Gasteiger partial charge in [-0.2, -0.15) is 0 Å². The highest BCUT2D eigenvalue weighted by Crippen LogP contribution is 2.40. The molecular weight excluding hydrogens is 875 g/mol. The lowest BCUT2D eigenvalue weighted by atomic mass is 9.75. The van der Waals surface area contributed by atoms with Gasteiger partial charge >= 0.3 is 7.12 Å². The second kappa shape index (κ2) is 17.6. The Morgan fingerprint density at radius 3 is 1.63 bits per heavy atom. The average Bonchev–Trinajstić information content (AvgIpc) is 3.97. The molecule has 3 atom stereocenters. The van der Waals surface area contributed by atoms with E-state index in [4.69, 9.17) is 18.8 Å². The lowest BCUT2D eigenvalue weighted by Crippen LogP contribution is -2.41. The van der Waals surface area contributed by atoms with E-state index in [1.54, 1.807) is 14.2 Å². The van der Waals surface area contributed by atoms with Crippen LogP contribution in [0.25, 0.3) is 0 Å². The third kappa shape index (κ3) is 8.71. The highest BCUT2D eigenvalue weighted by molar-refractivity contribution is 9.11. The van der Waals surface area contributed by atoms with Crippen molar-refractivity contribution in [1.29, 1.82) is 0 Å². The van der Waals surface area contributed by atoms with Crippen LogP contribution in [0.5, 0.6) is 0 Å². The summed E-state index contributed by atoms with van der Waals surface area (Å²) < 4.78 is 26.7. The summed E-state index contributed by atoms with van der Waals surface area (Å²) in [5.74, 6) is 0.279. The number of aliphatic hydroxyl groups excluding tert-OH is 1. The Kier molecular flexibility index (Phi) is 13.5. The van der Waals surface area contributed by atoms with Crippen molar-refractivity contribution in [3.63, 3.8) is 0 Å². The van der Waals surface area contributed by atoms with E-state index in [2.05, 4.69) is 112 Å². The number of ether oxygens (including phenoxy) is 2. The van der Waals surface area contributed by atoms with Crippen LogP contribution in [0.2, 0.25) is 0 Å². The first-order chi connectivity index (χ1) is 25.8. The topological polar surface area (TPSA) is 74.2 Å². The van der Waals surface area contributed by atoms with Crippen LogP contribution in [0.3, 0.4) is 0 Å². The zero-order chi connectivity index (χ0) is 38.8. The zero-order valence-corrected chi connectivity index (χ0v) is 36.8. The van der Waals surface area contributed by atoms with Crippen molar-refractivity contribution in [2.24, 2.45) is 0 Å². The van der Waals surface area contributed by atoms with Gasteiger partial charge in [-0.25, -0.2) is 0 Å². The Labute approximate surface area is 346 Å². The Morgan fingerprint density at radius 2 is 1.07 bits per heavy atom. The number of carbonyl (C=O) groups excluding carboxylic acids is 1. The first-order valence-corrected chi connectivity index (χ1v) is 21.2. The predicted molar refractivity (Wildman–Crippen MR) is 227 cm³/mol. The third-order valence-electron chi connectivity index (χ3n) is 11.7. The van der Waals surface area contributed by atoms with Crippen molar-refractivity contribution in [3.05, 3.63) is 131 Å². The maximum absolute atomic E-state index is 11.2. The van der Waals surface area contributed by atoms with Crippen LogP contribution in [-0.4, -0.2) is 43.4 Å². The Bertz CT molecular complexity index is 1960. The fourth-order valence-electron chi connectivity index (χ4n) is 7.93. The lowest BCUT2D eigenvalue weighted by molar-refractivity contribution is 0.00578. The fraction of sp³-hybridized carbons (Fsp3) is 0.432. The molecule has 0 unspecified atom stereocenters. The third-order valence-corrected chi connectivity index (χ3v) is 13.9. The number of hydrogen-bond acceptors (Lipinski definition) is 6. The van der Waals surface area contributed by atoms with Gasteiger partial charge in [0.2, 0.25) is 0 Å². The zero-order valence-electron chi connectivity index (χ0n) is 32.0. The summed E-state index contributed by atoms with van der Waals surface area (Å²) in [4.78, 5) is 11.2. The van der Waals surface area contributed by atoms with Crippen molar-refractivity contribution in [2.45, 2.75) is 109 Å². The van der Waals surface area contributed by atoms with Crippen LogP contribution in [0.1, 0.15) is 121 Å². The maximum Gasteiger partial charge on any atom is 0.495 e. The van der Waals surface area contributed by atoms with Gasteiger partial charge in [0.05, 0.1) is 29.5 Å². The van der Waals surface area contributed by atoms with Crippen molar-refractivity contribution in [2.75, 3.05) is 14.2 Å². The summed E-state index contributed by atoms with van der Waals surface area (Å²) in [6, 6.07) is 24.5. The Balaban J connectivity index is 0.000000128. The van der Waals surface area contributed by atoms with E-state index in [-0.39, 0.29) is 36.3 Å². The quantitative estimate of drug-likeness (QED) is 0.206. The van der Waals surface area contributed by atoms with Gasteiger partial charge in [0.15, 0.2) is 5.78 Å². The number of methoxy groups -OCH3 is 2. The van der Waals surface area contributed by atoms with Gasteiger partial charge in [0.25, 0.3) is 0 Å². The van der Waals surface area contributed by atoms with Crippen LogP contribution in [0.4, 0.5) is 0 Å².